The van der Waals surface area contributed by atoms with Crippen molar-refractivity contribution in [2.45, 2.75) is 25.7 Å². The average Bonchev–Trinajstić information content (AvgIpc) is 2.92. The van der Waals surface area contributed by atoms with Gasteiger partial charge in [-0.3, -0.25) is 4.79 Å². The third-order valence-electron chi connectivity index (χ3n) is 3.36. The molecular weight excluding hydrogens is 289 g/mol. The molecule has 0 aliphatic carbocycles. The molecule has 0 N–H and O–H groups in total. The molecule has 1 amide bonds. The van der Waals surface area contributed by atoms with Gasteiger partial charge in [0, 0.05) is 6.04 Å². The first-order chi connectivity index (χ1) is 8.99. The summed E-state index contributed by atoms with van der Waals surface area (Å²) in [5.41, 5.74) is 1.12. The van der Waals surface area contributed by atoms with Crippen molar-refractivity contribution in [3.63, 3.8) is 0 Å². The molecule has 1 aromatic rings. The van der Waals surface area contributed by atoms with E-state index >= 15 is 0 Å². The first-order valence-corrected chi connectivity index (χ1v) is 6.84. The van der Waals surface area contributed by atoms with E-state index < -0.39 is 5.79 Å². The zero-order valence-corrected chi connectivity index (χ0v) is 12.1. The van der Waals surface area contributed by atoms with Crippen molar-refractivity contribution in [3.05, 3.63) is 27.7 Å². The largest absolute Gasteiger partial charge is 0.336 e. The third-order valence-corrected chi connectivity index (χ3v) is 3.98. The Balaban J connectivity index is 2.30. The number of carbonyl (C=O) groups excluding carboxylic acids is 1. The zero-order valence-electron chi connectivity index (χ0n) is 10.6. The number of halogens is 2. The highest BCUT2D eigenvalue weighted by Gasteiger charge is 2.58. The maximum Gasteiger partial charge on any atom is 0.292 e. The SMILES string of the molecule is CC(C)N1C(=O)C2(OCCO2)c2c(Cl)ccc(Cl)c21. The van der Waals surface area contributed by atoms with Gasteiger partial charge in [0.2, 0.25) is 0 Å². The maximum atomic E-state index is 12.7. The summed E-state index contributed by atoms with van der Waals surface area (Å²) in [6.07, 6.45) is 0. The lowest BCUT2D eigenvalue weighted by Gasteiger charge is -2.24. The fourth-order valence-electron chi connectivity index (χ4n) is 2.63. The van der Waals surface area contributed by atoms with Crippen LogP contribution in [0.25, 0.3) is 0 Å². The molecule has 0 saturated carbocycles. The van der Waals surface area contributed by atoms with E-state index in [9.17, 15) is 4.79 Å². The summed E-state index contributed by atoms with van der Waals surface area (Å²) in [7, 11) is 0. The quantitative estimate of drug-likeness (QED) is 0.800. The van der Waals surface area contributed by atoms with Crippen LogP contribution in [0.2, 0.25) is 10.0 Å². The molecule has 19 heavy (non-hydrogen) atoms. The Bertz CT molecular complexity index is 553. The van der Waals surface area contributed by atoms with Gasteiger partial charge in [0.15, 0.2) is 0 Å². The monoisotopic (exact) mass is 301 g/mol. The molecule has 0 unspecified atom stereocenters. The van der Waals surface area contributed by atoms with Gasteiger partial charge in [0.05, 0.1) is 34.5 Å². The van der Waals surface area contributed by atoms with Crippen LogP contribution in [0, 0.1) is 0 Å². The smallest absolute Gasteiger partial charge is 0.292 e. The summed E-state index contributed by atoms with van der Waals surface area (Å²) in [4.78, 5) is 14.3. The summed E-state index contributed by atoms with van der Waals surface area (Å²) >= 11 is 12.5. The molecule has 1 saturated heterocycles. The van der Waals surface area contributed by atoms with Crippen molar-refractivity contribution in [3.8, 4) is 0 Å². The highest BCUT2D eigenvalue weighted by molar-refractivity contribution is 6.38. The second kappa shape index (κ2) is 4.35. The minimum absolute atomic E-state index is 0.0607. The Labute approximate surface area is 121 Å². The van der Waals surface area contributed by atoms with Gasteiger partial charge in [-0.15, -0.1) is 0 Å². The van der Waals surface area contributed by atoms with Gasteiger partial charge in [-0.05, 0) is 26.0 Å². The number of hydrogen-bond acceptors (Lipinski definition) is 3. The van der Waals surface area contributed by atoms with E-state index in [0.29, 0.717) is 34.5 Å². The highest BCUT2D eigenvalue weighted by atomic mass is 35.5. The van der Waals surface area contributed by atoms with Crippen LogP contribution in [0.1, 0.15) is 19.4 Å². The lowest BCUT2D eigenvalue weighted by atomic mass is 10.1. The van der Waals surface area contributed by atoms with Gasteiger partial charge < -0.3 is 14.4 Å². The van der Waals surface area contributed by atoms with Crippen LogP contribution in [-0.4, -0.2) is 25.2 Å². The maximum absolute atomic E-state index is 12.7. The molecule has 2 aliphatic rings. The van der Waals surface area contributed by atoms with Crippen LogP contribution >= 0.6 is 23.2 Å². The summed E-state index contributed by atoms with van der Waals surface area (Å²) in [5, 5.41) is 0.898. The van der Waals surface area contributed by atoms with Crippen molar-refractivity contribution in [2.24, 2.45) is 0 Å². The van der Waals surface area contributed by atoms with Crippen LogP contribution in [0.15, 0.2) is 12.1 Å². The first kappa shape index (κ1) is 13.2. The minimum atomic E-state index is -1.42. The van der Waals surface area contributed by atoms with E-state index in [2.05, 4.69) is 0 Å². The zero-order chi connectivity index (χ0) is 13.8. The molecular formula is C13H13Cl2NO3. The molecule has 2 heterocycles. The van der Waals surface area contributed by atoms with Crippen molar-refractivity contribution in [2.75, 3.05) is 18.1 Å². The van der Waals surface area contributed by atoms with E-state index in [0.717, 1.165) is 0 Å². The summed E-state index contributed by atoms with van der Waals surface area (Å²) in [5.74, 6) is -1.67. The molecule has 4 nitrogen and oxygen atoms in total. The fourth-order valence-corrected chi connectivity index (χ4v) is 3.16. The third kappa shape index (κ3) is 1.64. The predicted octanol–water partition coefficient (Wildman–Crippen LogP) is 2.95. The Morgan fingerprint density at radius 3 is 2.37 bits per heavy atom. The van der Waals surface area contributed by atoms with Crippen LogP contribution in [0.5, 0.6) is 0 Å². The normalized spacial score (nSPS) is 20.7. The van der Waals surface area contributed by atoms with Gasteiger partial charge in [-0.2, -0.15) is 0 Å². The second-order valence-electron chi connectivity index (χ2n) is 4.84. The van der Waals surface area contributed by atoms with Crippen molar-refractivity contribution in [1.82, 2.24) is 0 Å². The molecule has 2 aliphatic heterocycles. The topological polar surface area (TPSA) is 38.8 Å². The number of amides is 1. The molecule has 0 radical (unpaired) electrons. The first-order valence-electron chi connectivity index (χ1n) is 6.09. The number of nitrogens with zero attached hydrogens (tertiary/aromatic N) is 1. The van der Waals surface area contributed by atoms with Crippen LogP contribution < -0.4 is 4.90 Å². The molecule has 3 rings (SSSR count). The highest BCUT2D eigenvalue weighted by Crippen LogP contribution is 2.52. The minimum Gasteiger partial charge on any atom is -0.336 e. The van der Waals surface area contributed by atoms with Crippen LogP contribution in [0.4, 0.5) is 5.69 Å². The number of rotatable bonds is 1. The number of hydrogen-bond donors (Lipinski definition) is 0. The van der Waals surface area contributed by atoms with Crippen molar-refractivity contribution < 1.29 is 14.3 Å². The Morgan fingerprint density at radius 1 is 1.21 bits per heavy atom. The number of fused-ring (bicyclic) bond motifs is 2. The number of anilines is 1. The van der Waals surface area contributed by atoms with Gasteiger partial charge in [0.1, 0.15) is 0 Å². The summed E-state index contributed by atoms with van der Waals surface area (Å²) < 4.78 is 11.2. The second-order valence-corrected chi connectivity index (χ2v) is 5.65. The standard InChI is InChI=1S/C13H13Cl2NO3/c1-7(2)16-11-9(15)4-3-8(14)10(11)13(12(16)17)18-5-6-19-13/h3-4,7H,5-6H2,1-2H3. The molecule has 102 valence electrons. The van der Waals surface area contributed by atoms with E-state index in [1.54, 1.807) is 17.0 Å². The van der Waals surface area contributed by atoms with E-state index in [-0.39, 0.29) is 11.9 Å². The fraction of sp³-hybridized carbons (Fsp3) is 0.462. The Morgan fingerprint density at radius 2 is 1.79 bits per heavy atom. The number of carbonyl (C=O) groups is 1. The Hall–Kier alpha value is -0.810. The molecule has 1 spiro atoms. The summed E-state index contributed by atoms with van der Waals surface area (Å²) in [6, 6.07) is 3.28. The number of ether oxygens (including phenoxy) is 2. The van der Waals surface area contributed by atoms with E-state index in [1.165, 1.54) is 0 Å². The molecule has 0 aromatic heterocycles. The van der Waals surface area contributed by atoms with Gasteiger partial charge in [-0.25, -0.2) is 0 Å². The molecule has 1 aromatic carbocycles. The lowest BCUT2D eigenvalue weighted by Crippen LogP contribution is -2.44. The van der Waals surface area contributed by atoms with Gasteiger partial charge >= 0.3 is 0 Å². The molecule has 0 bridgehead atoms. The molecule has 0 atom stereocenters. The van der Waals surface area contributed by atoms with E-state index in [1.807, 2.05) is 13.8 Å². The average molecular weight is 302 g/mol. The molecule has 6 heteroatoms. The van der Waals surface area contributed by atoms with E-state index in [4.69, 9.17) is 32.7 Å². The van der Waals surface area contributed by atoms with Crippen molar-refractivity contribution in [1.29, 1.82) is 0 Å². The van der Waals surface area contributed by atoms with Gasteiger partial charge in [-0.1, -0.05) is 23.2 Å². The summed E-state index contributed by atoms with van der Waals surface area (Å²) in [6.45, 7) is 4.54. The molecule has 1 fully saturated rings. The van der Waals surface area contributed by atoms with Crippen LogP contribution in [-0.2, 0) is 20.1 Å². The van der Waals surface area contributed by atoms with Crippen LogP contribution in [0.3, 0.4) is 0 Å². The predicted molar refractivity (Wildman–Crippen MR) is 72.7 cm³/mol. The van der Waals surface area contributed by atoms with Crippen molar-refractivity contribution >= 4 is 34.8 Å². The Kier molecular flexibility index (Phi) is 3.02. The van der Waals surface area contributed by atoms with Gasteiger partial charge in [0.25, 0.3) is 11.7 Å². The number of benzene rings is 1. The lowest BCUT2D eigenvalue weighted by molar-refractivity contribution is -0.181.